The van der Waals surface area contributed by atoms with Crippen LogP contribution in [0.3, 0.4) is 0 Å². The molecule has 0 aliphatic carbocycles. The Hall–Kier alpha value is -9.51. The van der Waals surface area contributed by atoms with Crippen LogP contribution in [-0.4, -0.2) is 19.5 Å². The number of hydrogen-bond acceptors (Lipinski definition) is 3. The number of hydrogen-bond donors (Lipinski definition) is 0. The van der Waals surface area contributed by atoms with Crippen molar-refractivity contribution in [3.8, 4) is 73.2 Å². The first-order chi connectivity index (χ1) is 35.2. The van der Waals surface area contributed by atoms with Crippen molar-refractivity contribution in [3.63, 3.8) is 0 Å². The zero-order valence-corrected chi connectivity index (χ0v) is 38.5. The normalized spacial score (nSPS) is 11.7. The molecule has 14 rings (SSSR count). The highest BCUT2D eigenvalue weighted by atomic mass is 15.0. The Kier molecular flexibility index (Phi) is 9.49. The van der Waals surface area contributed by atoms with Crippen molar-refractivity contribution in [1.29, 1.82) is 0 Å². The molecule has 14 aromatic rings. The van der Waals surface area contributed by atoms with Gasteiger partial charge in [-0.1, -0.05) is 218 Å². The van der Waals surface area contributed by atoms with E-state index >= 15 is 0 Å². The third-order valence-corrected chi connectivity index (χ3v) is 14.2. The van der Waals surface area contributed by atoms with Gasteiger partial charge in [0.2, 0.25) is 0 Å². The SMILES string of the molecule is c1ccc(-c2cccc(-c3cc(-c4nc(-c5ccc6ccccc6c5)nc(-c5cccc6ccccc56)n4)cc(-c4ccccc4)c3-n3c4cc5ccccc5cc4c4ccc5ccccc5c43)c2)cc1. The predicted octanol–water partition coefficient (Wildman–Crippen LogP) is 17.6. The standard InChI is InChI=1S/C67H42N4/c1-3-17-43(18-4-1)49-28-15-29-52(37-49)60-41-54(66-68-65(53-34-33-44-19-7-8-24-48(44)38-53)69-67(70-66)58-32-16-27-45-22-11-13-30-55(45)58)40-59(46-20-5-2-6-21-46)64(60)71-62-42-51-26-10-9-25-50(51)39-61(62)57-36-35-47-23-12-14-31-56(47)63(57)71/h1-42H. The summed E-state index contributed by atoms with van der Waals surface area (Å²) in [5.41, 5.74) is 12.7. The van der Waals surface area contributed by atoms with Gasteiger partial charge in [-0.2, -0.15) is 0 Å². The summed E-state index contributed by atoms with van der Waals surface area (Å²) in [6, 6.07) is 91.7. The second-order valence-electron chi connectivity index (χ2n) is 18.4. The fraction of sp³-hybridized carbons (Fsp3) is 0. The summed E-state index contributed by atoms with van der Waals surface area (Å²) in [5.74, 6) is 1.82. The Bertz CT molecular complexity index is 4400. The molecule has 0 spiro atoms. The molecule has 71 heavy (non-hydrogen) atoms. The maximum absolute atomic E-state index is 5.48. The van der Waals surface area contributed by atoms with Crippen LogP contribution in [-0.2, 0) is 0 Å². The van der Waals surface area contributed by atoms with Crippen LogP contribution in [0.4, 0.5) is 0 Å². The van der Waals surface area contributed by atoms with E-state index in [-0.39, 0.29) is 0 Å². The monoisotopic (exact) mass is 902 g/mol. The summed E-state index contributed by atoms with van der Waals surface area (Å²) in [6.07, 6.45) is 0. The molecular weight excluding hydrogens is 861 g/mol. The number of nitrogens with zero attached hydrogens (tertiary/aromatic N) is 4. The van der Waals surface area contributed by atoms with E-state index in [2.05, 4.69) is 259 Å². The Labute approximate surface area is 410 Å². The minimum atomic E-state index is 0.592. The molecule has 0 aliphatic heterocycles. The van der Waals surface area contributed by atoms with Crippen LogP contribution in [0.5, 0.6) is 0 Å². The third-order valence-electron chi connectivity index (χ3n) is 14.2. The molecule has 330 valence electrons. The Balaban J connectivity index is 1.13. The topological polar surface area (TPSA) is 43.6 Å². The molecule has 12 aromatic carbocycles. The molecule has 0 saturated heterocycles. The van der Waals surface area contributed by atoms with Gasteiger partial charge in [-0.3, -0.25) is 0 Å². The second kappa shape index (κ2) is 16.6. The molecule has 0 amide bonds. The minimum absolute atomic E-state index is 0.592. The van der Waals surface area contributed by atoms with E-state index in [1.807, 2.05) is 0 Å². The molecule has 2 aromatic heterocycles. The van der Waals surface area contributed by atoms with Crippen LogP contribution in [0, 0.1) is 0 Å². The van der Waals surface area contributed by atoms with E-state index in [1.54, 1.807) is 0 Å². The second-order valence-corrected chi connectivity index (χ2v) is 18.4. The van der Waals surface area contributed by atoms with Crippen molar-refractivity contribution in [1.82, 2.24) is 19.5 Å². The van der Waals surface area contributed by atoms with Crippen molar-refractivity contribution in [2.75, 3.05) is 0 Å². The van der Waals surface area contributed by atoms with Crippen LogP contribution in [0.25, 0.3) is 138 Å². The first-order valence-electron chi connectivity index (χ1n) is 24.2. The van der Waals surface area contributed by atoms with Gasteiger partial charge >= 0.3 is 0 Å². The fourth-order valence-electron chi connectivity index (χ4n) is 10.8. The van der Waals surface area contributed by atoms with Gasteiger partial charge in [-0.15, -0.1) is 0 Å². The van der Waals surface area contributed by atoms with Gasteiger partial charge < -0.3 is 4.57 Å². The zero-order chi connectivity index (χ0) is 46.8. The van der Waals surface area contributed by atoms with Gasteiger partial charge in [0, 0.05) is 44.0 Å². The van der Waals surface area contributed by atoms with Crippen LogP contribution < -0.4 is 0 Å². The van der Waals surface area contributed by atoms with Gasteiger partial charge in [-0.05, 0) is 96.4 Å². The van der Waals surface area contributed by atoms with Crippen molar-refractivity contribution < 1.29 is 0 Å². The molecular formula is C67H42N4. The third kappa shape index (κ3) is 6.96. The summed E-state index contributed by atoms with van der Waals surface area (Å²) < 4.78 is 2.55. The highest BCUT2D eigenvalue weighted by Crippen LogP contribution is 2.46. The van der Waals surface area contributed by atoms with E-state index in [4.69, 9.17) is 15.0 Å². The van der Waals surface area contributed by atoms with E-state index < -0.39 is 0 Å². The van der Waals surface area contributed by atoms with Crippen molar-refractivity contribution >= 4 is 64.9 Å². The maximum atomic E-state index is 5.48. The summed E-state index contributed by atoms with van der Waals surface area (Å²) >= 11 is 0. The highest BCUT2D eigenvalue weighted by Gasteiger charge is 2.25. The van der Waals surface area contributed by atoms with Crippen molar-refractivity contribution in [2.24, 2.45) is 0 Å². The summed E-state index contributed by atoms with van der Waals surface area (Å²) in [5, 5.41) is 11.7. The molecule has 0 bridgehead atoms. The van der Waals surface area contributed by atoms with E-state index in [0.29, 0.717) is 17.5 Å². The van der Waals surface area contributed by atoms with E-state index in [0.717, 1.165) is 88.3 Å². The first kappa shape index (κ1) is 40.5. The smallest absolute Gasteiger partial charge is 0.164 e. The lowest BCUT2D eigenvalue weighted by atomic mass is 9.91. The first-order valence-corrected chi connectivity index (χ1v) is 24.2. The lowest BCUT2D eigenvalue weighted by molar-refractivity contribution is 1.08. The largest absolute Gasteiger partial charge is 0.307 e. The van der Waals surface area contributed by atoms with Crippen LogP contribution in [0.1, 0.15) is 0 Å². The molecule has 0 saturated carbocycles. The minimum Gasteiger partial charge on any atom is -0.307 e. The van der Waals surface area contributed by atoms with Crippen molar-refractivity contribution in [2.45, 2.75) is 0 Å². The number of benzene rings is 12. The van der Waals surface area contributed by atoms with Gasteiger partial charge in [-0.25, -0.2) is 15.0 Å². The number of aromatic nitrogens is 4. The molecule has 4 nitrogen and oxygen atoms in total. The van der Waals surface area contributed by atoms with Gasteiger partial charge in [0.25, 0.3) is 0 Å². The lowest BCUT2D eigenvalue weighted by Crippen LogP contribution is -2.04. The molecule has 0 aliphatic rings. The average Bonchev–Trinajstić information content (AvgIpc) is 3.77. The Morgan fingerprint density at radius 2 is 0.761 bits per heavy atom. The molecule has 0 radical (unpaired) electrons. The van der Waals surface area contributed by atoms with Crippen LogP contribution in [0.2, 0.25) is 0 Å². The summed E-state index contributed by atoms with van der Waals surface area (Å²) in [4.78, 5) is 16.3. The zero-order valence-electron chi connectivity index (χ0n) is 38.5. The van der Waals surface area contributed by atoms with Gasteiger partial charge in [0.15, 0.2) is 17.5 Å². The Morgan fingerprint density at radius 3 is 1.52 bits per heavy atom. The molecule has 0 fully saturated rings. The van der Waals surface area contributed by atoms with Gasteiger partial charge in [0.05, 0.1) is 16.7 Å². The fourth-order valence-corrected chi connectivity index (χ4v) is 10.8. The molecule has 4 heteroatoms. The van der Waals surface area contributed by atoms with Gasteiger partial charge in [0.1, 0.15) is 0 Å². The van der Waals surface area contributed by atoms with E-state index in [9.17, 15) is 0 Å². The molecule has 0 atom stereocenters. The summed E-state index contributed by atoms with van der Waals surface area (Å²) in [6.45, 7) is 0. The van der Waals surface area contributed by atoms with Crippen LogP contribution >= 0.6 is 0 Å². The predicted molar refractivity (Wildman–Crippen MR) is 297 cm³/mol. The van der Waals surface area contributed by atoms with Crippen LogP contribution in [0.15, 0.2) is 255 Å². The summed E-state index contributed by atoms with van der Waals surface area (Å²) in [7, 11) is 0. The molecule has 0 N–H and O–H groups in total. The van der Waals surface area contributed by atoms with E-state index in [1.165, 1.54) is 32.3 Å². The number of rotatable bonds is 7. The highest BCUT2D eigenvalue weighted by molar-refractivity contribution is 6.21. The lowest BCUT2D eigenvalue weighted by Gasteiger charge is -2.22. The number of fused-ring (bicyclic) bond motifs is 8. The Morgan fingerprint density at radius 1 is 0.239 bits per heavy atom. The molecule has 2 heterocycles. The average molecular weight is 903 g/mol. The maximum Gasteiger partial charge on any atom is 0.164 e. The molecule has 0 unspecified atom stereocenters. The van der Waals surface area contributed by atoms with Crippen molar-refractivity contribution in [3.05, 3.63) is 255 Å². The quantitative estimate of drug-likeness (QED) is 0.160.